The number of nitrogens with two attached hydrogens (primary N) is 1. The summed E-state index contributed by atoms with van der Waals surface area (Å²) in [5.74, 6) is 0. The van der Waals surface area contributed by atoms with Crippen LogP contribution in [0.3, 0.4) is 0 Å². The van der Waals surface area contributed by atoms with Gasteiger partial charge in [0.1, 0.15) is 0 Å². The van der Waals surface area contributed by atoms with E-state index in [1.54, 1.807) is 6.20 Å². The maximum Gasteiger partial charge on any atom is 0.0370 e. The molecule has 3 nitrogen and oxygen atoms in total. The van der Waals surface area contributed by atoms with Crippen LogP contribution in [0.1, 0.15) is 12.5 Å². The lowest BCUT2D eigenvalue weighted by Gasteiger charge is -2.12. The van der Waals surface area contributed by atoms with Gasteiger partial charge in [0.05, 0.1) is 0 Å². The number of aryl methyl sites for hydroxylation is 1. The van der Waals surface area contributed by atoms with Crippen LogP contribution in [0.5, 0.6) is 0 Å². The minimum Gasteiger partial charge on any atom is -0.404 e. The monoisotopic (exact) mass is 321 g/mol. The molecule has 0 bridgehead atoms. The molecule has 2 aromatic carbocycles. The standard InChI is InChI=1S/C21H27N3/c1-3-7-18(15-22)16-23-12-13-24-21-11-10-20(14-17(21)2)19-8-5-4-6-9-19/h3-11,14-15,23-24H,12-13,16,22H2,1-2H3/b7-3-,18-15+. The summed E-state index contributed by atoms with van der Waals surface area (Å²) in [6, 6.07) is 17.0. The minimum absolute atomic E-state index is 0.786. The van der Waals surface area contributed by atoms with Gasteiger partial charge in [-0.15, -0.1) is 0 Å². The van der Waals surface area contributed by atoms with Gasteiger partial charge >= 0.3 is 0 Å². The van der Waals surface area contributed by atoms with Crippen LogP contribution >= 0.6 is 0 Å². The Morgan fingerprint density at radius 2 is 1.83 bits per heavy atom. The van der Waals surface area contributed by atoms with Crippen LogP contribution in [0.15, 0.2) is 72.5 Å². The lowest BCUT2D eigenvalue weighted by molar-refractivity contribution is 0.757. The van der Waals surface area contributed by atoms with Crippen molar-refractivity contribution >= 4 is 5.69 Å². The minimum atomic E-state index is 0.786. The summed E-state index contributed by atoms with van der Waals surface area (Å²) in [6.07, 6.45) is 5.66. The zero-order valence-electron chi connectivity index (χ0n) is 14.5. The van der Waals surface area contributed by atoms with Gasteiger partial charge in [-0.2, -0.15) is 0 Å². The van der Waals surface area contributed by atoms with Crippen LogP contribution in [-0.2, 0) is 0 Å². The van der Waals surface area contributed by atoms with Crippen molar-refractivity contribution < 1.29 is 0 Å². The molecule has 0 fully saturated rings. The van der Waals surface area contributed by atoms with Crippen LogP contribution in [0.25, 0.3) is 11.1 Å². The molecule has 0 amide bonds. The summed E-state index contributed by atoms with van der Waals surface area (Å²) >= 11 is 0. The summed E-state index contributed by atoms with van der Waals surface area (Å²) in [4.78, 5) is 0. The Balaban J connectivity index is 1.83. The van der Waals surface area contributed by atoms with Crippen molar-refractivity contribution in [2.24, 2.45) is 5.73 Å². The normalized spacial score (nSPS) is 11.8. The molecule has 0 aliphatic heterocycles. The molecule has 0 atom stereocenters. The number of allylic oxidation sites excluding steroid dienone is 1. The molecule has 4 N–H and O–H groups in total. The van der Waals surface area contributed by atoms with E-state index in [2.05, 4.69) is 60.0 Å². The summed E-state index contributed by atoms with van der Waals surface area (Å²) in [6.45, 7) is 6.68. The first-order valence-corrected chi connectivity index (χ1v) is 8.38. The number of nitrogens with one attached hydrogen (secondary N) is 2. The second-order valence-corrected chi connectivity index (χ2v) is 5.74. The maximum atomic E-state index is 5.58. The van der Waals surface area contributed by atoms with Crippen molar-refractivity contribution in [3.05, 3.63) is 78.0 Å². The van der Waals surface area contributed by atoms with E-state index >= 15 is 0 Å². The van der Waals surface area contributed by atoms with Crippen molar-refractivity contribution in [3.63, 3.8) is 0 Å². The third-order valence-corrected chi connectivity index (χ3v) is 3.87. The average Bonchev–Trinajstić information content (AvgIpc) is 2.62. The molecule has 0 aromatic heterocycles. The zero-order valence-corrected chi connectivity index (χ0v) is 14.5. The number of hydrogen-bond donors (Lipinski definition) is 3. The van der Waals surface area contributed by atoms with E-state index in [0.717, 1.165) is 25.2 Å². The lowest BCUT2D eigenvalue weighted by Crippen LogP contribution is -2.24. The van der Waals surface area contributed by atoms with E-state index in [0.29, 0.717) is 0 Å². The predicted octanol–water partition coefficient (Wildman–Crippen LogP) is 4.08. The topological polar surface area (TPSA) is 50.1 Å². The first-order valence-electron chi connectivity index (χ1n) is 8.38. The fourth-order valence-corrected chi connectivity index (χ4v) is 2.58. The fourth-order valence-electron chi connectivity index (χ4n) is 2.58. The molecular formula is C21H27N3. The Morgan fingerprint density at radius 1 is 1.04 bits per heavy atom. The van der Waals surface area contributed by atoms with Gasteiger partial charge in [0.15, 0.2) is 0 Å². The van der Waals surface area contributed by atoms with Crippen LogP contribution in [0.2, 0.25) is 0 Å². The Kier molecular flexibility index (Phi) is 7.12. The number of benzene rings is 2. The maximum absolute atomic E-state index is 5.58. The van der Waals surface area contributed by atoms with Gasteiger partial charge in [0.25, 0.3) is 0 Å². The second-order valence-electron chi connectivity index (χ2n) is 5.74. The van der Waals surface area contributed by atoms with Crippen molar-refractivity contribution in [2.45, 2.75) is 13.8 Å². The first-order chi connectivity index (χ1) is 11.7. The van der Waals surface area contributed by atoms with E-state index in [1.807, 2.05) is 25.1 Å². The molecule has 2 aromatic rings. The molecule has 0 radical (unpaired) electrons. The zero-order chi connectivity index (χ0) is 17.2. The molecule has 126 valence electrons. The molecule has 0 aliphatic carbocycles. The lowest BCUT2D eigenvalue weighted by atomic mass is 10.0. The van der Waals surface area contributed by atoms with Crippen LogP contribution < -0.4 is 16.4 Å². The van der Waals surface area contributed by atoms with Gasteiger partial charge in [0, 0.05) is 25.3 Å². The first kappa shape index (κ1) is 17.8. The van der Waals surface area contributed by atoms with Crippen molar-refractivity contribution in [1.82, 2.24) is 5.32 Å². The van der Waals surface area contributed by atoms with Crippen molar-refractivity contribution in [1.29, 1.82) is 0 Å². The van der Waals surface area contributed by atoms with Crippen LogP contribution in [0, 0.1) is 6.92 Å². The Morgan fingerprint density at radius 3 is 2.50 bits per heavy atom. The van der Waals surface area contributed by atoms with E-state index in [4.69, 9.17) is 5.73 Å². The Hall–Kier alpha value is -2.52. The van der Waals surface area contributed by atoms with Crippen LogP contribution in [-0.4, -0.2) is 19.6 Å². The largest absolute Gasteiger partial charge is 0.404 e. The average molecular weight is 321 g/mol. The number of rotatable bonds is 8. The number of hydrogen-bond acceptors (Lipinski definition) is 3. The molecule has 0 aliphatic rings. The molecular weight excluding hydrogens is 294 g/mol. The van der Waals surface area contributed by atoms with Gasteiger partial charge < -0.3 is 16.4 Å². The predicted molar refractivity (Wildman–Crippen MR) is 105 cm³/mol. The summed E-state index contributed by atoms with van der Waals surface area (Å²) < 4.78 is 0. The van der Waals surface area contributed by atoms with Gasteiger partial charge in [-0.3, -0.25) is 0 Å². The molecule has 0 spiro atoms. The molecule has 0 saturated carbocycles. The van der Waals surface area contributed by atoms with Gasteiger partial charge in [-0.05, 0) is 54.4 Å². The summed E-state index contributed by atoms with van der Waals surface area (Å²) in [5.41, 5.74) is 11.6. The fraction of sp³-hybridized carbons (Fsp3) is 0.238. The van der Waals surface area contributed by atoms with Gasteiger partial charge in [-0.1, -0.05) is 48.6 Å². The molecule has 0 unspecified atom stereocenters. The SMILES string of the molecule is C/C=C\C(=C/N)CNCCNc1ccc(-c2ccccc2)cc1C. The van der Waals surface area contributed by atoms with Crippen LogP contribution in [0.4, 0.5) is 5.69 Å². The third-order valence-electron chi connectivity index (χ3n) is 3.87. The Bertz CT molecular complexity index is 687. The van der Waals surface area contributed by atoms with Gasteiger partial charge in [0.2, 0.25) is 0 Å². The number of anilines is 1. The highest BCUT2D eigenvalue weighted by atomic mass is 14.9. The third kappa shape index (κ3) is 5.28. The summed E-state index contributed by atoms with van der Waals surface area (Å²) in [7, 11) is 0. The molecule has 3 heteroatoms. The summed E-state index contributed by atoms with van der Waals surface area (Å²) in [5, 5.41) is 6.87. The highest BCUT2D eigenvalue weighted by Gasteiger charge is 2.01. The van der Waals surface area contributed by atoms with Crippen molar-refractivity contribution in [2.75, 3.05) is 25.0 Å². The van der Waals surface area contributed by atoms with E-state index in [-0.39, 0.29) is 0 Å². The second kappa shape index (κ2) is 9.58. The molecule has 0 heterocycles. The highest BCUT2D eigenvalue weighted by molar-refractivity contribution is 5.68. The van der Waals surface area contributed by atoms with E-state index < -0.39 is 0 Å². The smallest absolute Gasteiger partial charge is 0.0370 e. The molecule has 2 rings (SSSR count). The van der Waals surface area contributed by atoms with Crippen molar-refractivity contribution in [3.8, 4) is 11.1 Å². The van der Waals surface area contributed by atoms with Gasteiger partial charge in [-0.25, -0.2) is 0 Å². The highest BCUT2D eigenvalue weighted by Crippen LogP contribution is 2.24. The quantitative estimate of drug-likeness (QED) is 0.507. The van der Waals surface area contributed by atoms with E-state index in [1.165, 1.54) is 22.4 Å². The molecule has 24 heavy (non-hydrogen) atoms. The molecule has 0 saturated heterocycles. The Labute approximate surface area is 145 Å². The van der Waals surface area contributed by atoms with E-state index in [9.17, 15) is 0 Å².